The molecular formula is C16H14N4O4S2. The maximum absolute atomic E-state index is 11.9. The van der Waals surface area contributed by atoms with Crippen molar-refractivity contribution in [3.63, 3.8) is 0 Å². The predicted molar refractivity (Wildman–Crippen MR) is 95.8 cm³/mol. The Bertz CT molecular complexity index is 926. The van der Waals surface area contributed by atoms with Gasteiger partial charge in [-0.3, -0.25) is 4.79 Å². The van der Waals surface area contributed by atoms with Crippen LogP contribution in [0.25, 0.3) is 0 Å². The first-order valence-electron chi connectivity index (χ1n) is 7.74. The van der Waals surface area contributed by atoms with E-state index in [1.165, 1.54) is 11.3 Å². The molecule has 10 heteroatoms. The summed E-state index contributed by atoms with van der Waals surface area (Å²) in [6.07, 6.45) is -0.473. The van der Waals surface area contributed by atoms with Crippen LogP contribution in [0.2, 0.25) is 0 Å². The number of anilines is 1. The van der Waals surface area contributed by atoms with Gasteiger partial charge in [-0.2, -0.15) is 0 Å². The fraction of sp³-hybridized carbons (Fsp3) is 0.250. The third kappa shape index (κ3) is 3.81. The summed E-state index contributed by atoms with van der Waals surface area (Å²) >= 11 is 2.54. The van der Waals surface area contributed by atoms with Gasteiger partial charge in [-0.1, -0.05) is 23.9 Å². The third-order valence-corrected chi connectivity index (χ3v) is 5.09. The van der Waals surface area contributed by atoms with Crippen LogP contribution in [0, 0.1) is 6.92 Å². The Kier molecular flexibility index (Phi) is 4.76. The topological polar surface area (TPSA) is 99.4 Å². The van der Waals surface area contributed by atoms with E-state index in [1.54, 1.807) is 0 Å². The van der Waals surface area contributed by atoms with E-state index in [9.17, 15) is 4.79 Å². The van der Waals surface area contributed by atoms with Crippen molar-refractivity contribution in [2.45, 2.75) is 18.3 Å². The number of fused-ring (bicyclic) bond motifs is 1. The normalized spacial score (nSPS) is 15.7. The maximum atomic E-state index is 11.9. The lowest BCUT2D eigenvalue weighted by Crippen LogP contribution is -2.21. The fourth-order valence-corrected chi connectivity index (χ4v) is 3.52. The molecule has 0 bridgehead atoms. The Morgan fingerprint density at radius 1 is 1.35 bits per heavy atom. The fourth-order valence-electron chi connectivity index (χ4n) is 2.24. The molecule has 2 aromatic heterocycles. The minimum absolute atomic E-state index is 0.144. The van der Waals surface area contributed by atoms with Gasteiger partial charge in [-0.15, -0.1) is 21.5 Å². The predicted octanol–water partition coefficient (Wildman–Crippen LogP) is 3.08. The zero-order chi connectivity index (χ0) is 17.9. The molecule has 1 aliphatic heterocycles. The number of aromatic nitrogens is 3. The van der Waals surface area contributed by atoms with E-state index in [1.807, 2.05) is 36.6 Å². The highest BCUT2D eigenvalue weighted by Crippen LogP contribution is 2.35. The Labute approximate surface area is 156 Å². The molecule has 26 heavy (non-hydrogen) atoms. The summed E-state index contributed by atoms with van der Waals surface area (Å²) in [4.78, 5) is 16.1. The zero-order valence-electron chi connectivity index (χ0n) is 13.7. The van der Waals surface area contributed by atoms with E-state index in [0.29, 0.717) is 27.7 Å². The van der Waals surface area contributed by atoms with Crippen LogP contribution in [-0.4, -0.2) is 33.4 Å². The Morgan fingerprint density at radius 2 is 2.19 bits per heavy atom. The summed E-state index contributed by atoms with van der Waals surface area (Å²) in [7, 11) is 0. The van der Waals surface area contributed by atoms with Crippen LogP contribution in [-0.2, 0) is 4.79 Å². The van der Waals surface area contributed by atoms with E-state index in [2.05, 4.69) is 20.5 Å². The number of hydrogen-bond acceptors (Lipinski definition) is 9. The molecule has 1 N–H and O–H groups in total. The summed E-state index contributed by atoms with van der Waals surface area (Å²) in [6.45, 7) is 2.16. The van der Waals surface area contributed by atoms with Gasteiger partial charge in [0, 0.05) is 5.38 Å². The van der Waals surface area contributed by atoms with Crippen LogP contribution in [0.1, 0.15) is 17.7 Å². The SMILES string of the molecule is Cc1csc(NC(=O)CSc2nnc(C3COc4ccccc4O3)o2)n1. The second-order valence-electron chi connectivity index (χ2n) is 5.40. The number of nitrogens with one attached hydrogen (secondary N) is 1. The number of rotatable bonds is 5. The number of aryl methyl sites for hydroxylation is 1. The lowest BCUT2D eigenvalue weighted by atomic mass is 10.2. The highest BCUT2D eigenvalue weighted by atomic mass is 32.2. The minimum atomic E-state index is -0.473. The van der Waals surface area contributed by atoms with Crippen molar-refractivity contribution in [1.29, 1.82) is 0 Å². The molecule has 1 amide bonds. The van der Waals surface area contributed by atoms with Crippen LogP contribution in [0.15, 0.2) is 39.3 Å². The van der Waals surface area contributed by atoms with Crippen LogP contribution in [0.5, 0.6) is 11.5 Å². The molecule has 0 spiro atoms. The first-order chi connectivity index (χ1) is 12.7. The van der Waals surface area contributed by atoms with Crippen molar-refractivity contribution in [1.82, 2.24) is 15.2 Å². The number of ether oxygens (including phenoxy) is 2. The number of carbonyl (C=O) groups excluding carboxylic acids is 1. The molecule has 0 fully saturated rings. The van der Waals surface area contributed by atoms with E-state index in [0.717, 1.165) is 17.5 Å². The lowest BCUT2D eigenvalue weighted by Gasteiger charge is -2.23. The zero-order valence-corrected chi connectivity index (χ0v) is 15.3. The molecule has 0 saturated heterocycles. The lowest BCUT2D eigenvalue weighted by molar-refractivity contribution is -0.113. The van der Waals surface area contributed by atoms with Crippen molar-refractivity contribution >= 4 is 34.1 Å². The van der Waals surface area contributed by atoms with E-state index >= 15 is 0 Å². The molecule has 3 aromatic rings. The second kappa shape index (κ2) is 7.34. The monoisotopic (exact) mass is 390 g/mol. The van der Waals surface area contributed by atoms with Gasteiger partial charge in [0.05, 0.1) is 11.4 Å². The van der Waals surface area contributed by atoms with E-state index < -0.39 is 6.10 Å². The summed E-state index contributed by atoms with van der Waals surface area (Å²) < 4.78 is 17.0. The number of para-hydroxylation sites is 2. The molecule has 0 radical (unpaired) electrons. The number of hydrogen-bond donors (Lipinski definition) is 1. The highest BCUT2D eigenvalue weighted by molar-refractivity contribution is 7.99. The van der Waals surface area contributed by atoms with Crippen molar-refractivity contribution in [3.05, 3.63) is 41.2 Å². The van der Waals surface area contributed by atoms with E-state index in [-0.39, 0.29) is 18.3 Å². The molecule has 134 valence electrons. The van der Waals surface area contributed by atoms with Gasteiger partial charge in [0.2, 0.25) is 12.0 Å². The van der Waals surface area contributed by atoms with Crippen LogP contribution in [0.3, 0.4) is 0 Å². The number of thioether (sulfide) groups is 1. The number of nitrogens with zero attached hydrogens (tertiary/aromatic N) is 3. The molecule has 1 aromatic carbocycles. The molecule has 1 unspecified atom stereocenters. The summed E-state index contributed by atoms with van der Waals surface area (Å²) in [5.74, 6) is 1.60. The van der Waals surface area contributed by atoms with E-state index in [4.69, 9.17) is 13.9 Å². The maximum Gasteiger partial charge on any atom is 0.277 e. The van der Waals surface area contributed by atoms with Crippen molar-refractivity contribution in [3.8, 4) is 11.5 Å². The Balaban J connectivity index is 1.33. The molecular weight excluding hydrogens is 376 g/mol. The van der Waals surface area contributed by atoms with Crippen LogP contribution in [0.4, 0.5) is 5.13 Å². The van der Waals surface area contributed by atoms with Crippen molar-refractivity contribution in [2.24, 2.45) is 0 Å². The first-order valence-corrected chi connectivity index (χ1v) is 9.60. The summed E-state index contributed by atoms with van der Waals surface area (Å²) in [6, 6.07) is 7.39. The summed E-state index contributed by atoms with van der Waals surface area (Å²) in [5, 5.41) is 13.4. The average molecular weight is 390 g/mol. The second-order valence-corrected chi connectivity index (χ2v) is 7.19. The quantitative estimate of drug-likeness (QED) is 0.664. The van der Waals surface area contributed by atoms with Gasteiger partial charge in [0.25, 0.3) is 11.1 Å². The number of thiazole rings is 1. The molecule has 0 aliphatic carbocycles. The molecule has 8 nitrogen and oxygen atoms in total. The standard InChI is InChI=1S/C16H14N4O4S2/c1-9-7-25-15(17-9)18-13(21)8-26-16-20-19-14(24-16)12-6-22-10-4-2-3-5-11(10)23-12/h2-5,7,12H,6,8H2,1H3,(H,17,18,21). The molecule has 1 aliphatic rings. The van der Waals surface area contributed by atoms with Gasteiger partial charge in [0.15, 0.2) is 16.6 Å². The number of amides is 1. The molecule has 3 heterocycles. The number of carbonyl (C=O) groups is 1. The third-order valence-electron chi connectivity index (χ3n) is 3.40. The molecule has 1 atom stereocenters. The Morgan fingerprint density at radius 3 is 3.00 bits per heavy atom. The van der Waals surface area contributed by atoms with Gasteiger partial charge in [-0.25, -0.2) is 4.98 Å². The van der Waals surface area contributed by atoms with Gasteiger partial charge in [0.1, 0.15) is 6.61 Å². The smallest absolute Gasteiger partial charge is 0.277 e. The van der Waals surface area contributed by atoms with Gasteiger partial charge < -0.3 is 19.2 Å². The first kappa shape index (κ1) is 16.9. The highest BCUT2D eigenvalue weighted by Gasteiger charge is 2.27. The van der Waals surface area contributed by atoms with Crippen molar-refractivity contribution in [2.75, 3.05) is 17.7 Å². The molecule has 4 rings (SSSR count). The van der Waals surface area contributed by atoms with Crippen molar-refractivity contribution < 1.29 is 18.7 Å². The Hall–Kier alpha value is -2.59. The molecule has 0 saturated carbocycles. The average Bonchev–Trinajstić information content (AvgIpc) is 3.28. The number of benzene rings is 1. The van der Waals surface area contributed by atoms with Gasteiger partial charge in [-0.05, 0) is 19.1 Å². The summed E-state index contributed by atoms with van der Waals surface area (Å²) in [5.41, 5.74) is 0.871. The largest absolute Gasteiger partial charge is 0.485 e. The van der Waals surface area contributed by atoms with Crippen LogP contribution >= 0.6 is 23.1 Å². The van der Waals surface area contributed by atoms with Crippen LogP contribution < -0.4 is 14.8 Å². The van der Waals surface area contributed by atoms with Gasteiger partial charge >= 0.3 is 0 Å². The minimum Gasteiger partial charge on any atom is -0.485 e.